The van der Waals surface area contributed by atoms with Gasteiger partial charge < -0.3 is 15.1 Å². The number of nitrogens with zero attached hydrogens (tertiary/aromatic N) is 3. The van der Waals surface area contributed by atoms with Crippen LogP contribution in [0, 0.1) is 6.92 Å². The third-order valence-corrected chi connectivity index (χ3v) is 7.69. The molecule has 0 saturated carbocycles. The molecule has 1 fully saturated rings. The number of anilines is 1. The Balaban J connectivity index is 1.24. The first-order valence-corrected chi connectivity index (χ1v) is 13.1. The average Bonchev–Trinajstić information content (AvgIpc) is 3.61. The highest BCUT2D eigenvalue weighted by atomic mass is 32.1. The van der Waals surface area contributed by atoms with E-state index in [1.165, 1.54) is 24.1 Å². The Kier molecular flexibility index (Phi) is 6.95. The number of carbonyl (C=O) groups excluding carboxylic acids is 2. The highest BCUT2D eigenvalue weighted by molar-refractivity contribution is 7.10. The minimum absolute atomic E-state index is 0.0535. The number of hydrogen-bond donors (Lipinski definition) is 1. The fourth-order valence-corrected chi connectivity index (χ4v) is 5.50. The van der Waals surface area contributed by atoms with E-state index >= 15 is 0 Å². The zero-order valence-corrected chi connectivity index (χ0v) is 20.8. The number of pyridine rings is 1. The molecule has 0 spiro atoms. The Morgan fingerprint density at radius 1 is 1.11 bits per heavy atom. The fourth-order valence-electron chi connectivity index (χ4n) is 4.88. The molecule has 4 heterocycles. The maximum Gasteiger partial charge on any atom is 0.254 e. The van der Waals surface area contributed by atoms with Gasteiger partial charge in [0.05, 0.1) is 0 Å². The first kappa shape index (κ1) is 23.3. The van der Waals surface area contributed by atoms with Crippen LogP contribution in [0.3, 0.4) is 0 Å². The normalized spacial score (nSPS) is 15.5. The van der Waals surface area contributed by atoms with Crippen LogP contribution in [0.2, 0.25) is 0 Å². The molecular weight excluding hydrogens is 456 g/mol. The number of thiophene rings is 1. The number of carbonyl (C=O) groups is 2. The molecular formula is C28H30N4O2S. The first-order chi connectivity index (χ1) is 17.1. The van der Waals surface area contributed by atoms with Crippen molar-refractivity contribution in [3.8, 4) is 0 Å². The molecule has 0 unspecified atom stereocenters. The minimum Gasteiger partial charge on any atom is -0.372 e. The van der Waals surface area contributed by atoms with Gasteiger partial charge in [0, 0.05) is 66.8 Å². The van der Waals surface area contributed by atoms with Gasteiger partial charge in [-0.2, -0.15) is 0 Å². The summed E-state index contributed by atoms with van der Waals surface area (Å²) in [6.45, 7) is 5.79. The van der Waals surface area contributed by atoms with Crippen LogP contribution in [0.5, 0.6) is 0 Å². The van der Waals surface area contributed by atoms with E-state index in [1.54, 1.807) is 17.4 Å². The first-order valence-electron chi connectivity index (χ1n) is 12.2. The molecule has 0 aliphatic carbocycles. The van der Waals surface area contributed by atoms with Crippen LogP contribution in [-0.2, 0) is 24.3 Å². The second kappa shape index (κ2) is 10.4. The Morgan fingerprint density at radius 2 is 1.91 bits per heavy atom. The van der Waals surface area contributed by atoms with E-state index in [-0.39, 0.29) is 11.8 Å². The van der Waals surface area contributed by atoms with E-state index < -0.39 is 0 Å². The van der Waals surface area contributed by atoms with Crippen LogP contribution in [0.15, 0.2) is 54.1 Å². The molecule has 2 aliphatic heterocycles. The van der Waals surface area contributed by atoms with Crippen molar-refractivity contribution in [2.24, 2.45) is 0 Å². The molecule has 2 amide bonds. The summed E-state index contributed by atoms with van der Waals surface area (Å²) >= 11 is 1.60. The highest BCUT2D eigenvalue weighted by Gasteiger charge is 2.25. The fraction of sp³-hybridized carbons (Fsp3) is 0.321. The molecule has 2 aliphatic rings. The van der Waals surface area contributed by atoms with Gasteiger partial charge >= 0.3 is 0 Å². The standard InChI is InChI=1S/C28H30N4O2S/c1-20-26(18-30-27(33)11-10-24-5-4-16-35-24)25-12-15-32(19-22(25)17-29-20)28(34)21-6-8-23(9-7-21)31-13-2-3-14-31/h4-11,16-17H,2-3,12-15,18-19H2,1H3,(H,30,33). The van der Waals surface area contributed by atoms with E-state index in [0.717, 1.165) is 46.8 Å². The second-order valence-corrected chi connectivity index (χ2v) is 10.1. The monoisotopic (exact) mass is 486 g/mol. The average molecular weight is 487 g/mol. The van der Waals surface area contributed by atoms with Crippen LogP contribution in [0.25, 0.3) is 6.08 Å². The lowest BCUT2D eigenvalue weighted by Gasteiger charge is -2.30. The van der Waals surface area contributed by atoms with Crippen molar-refractivity contribution < 1.29 is 9.59 Å². The maximum atomic E-state index is 13.2. The number of amides is 2. The van der Waals surface area contributed by atoms with Crippen molar-refractivity contribution >= 4 is 34.9 Å². The van der Waals surface area contributed by atoms with Gasteiger partial charge in [-0.05, 0) is 84.7 Å². The minimum atomic E-state index is -0.125. The molecule has 1 saturated heterocycles. The second-order valence-electron chi connectivity index (χ2n) is 9.11. The van der Waals surface area contributed by atoms with Crippen LogP contribution in [0.4, 0.5) is 5.69 Å². The molecule has 0 atom stereocenters. The Morgan fingerprint density at radius 3 is 2.66 bits per heavy atom. The Labute approximate surface area is 210 Å². The number of fused-ring (bicyclic) bond motifs is 1. The summed E-state index contributed by atoms with van der Waals surface area (Å²) in [7, 11) is 0. The number of aryl methyl sites for hydroxylation is 1. The van der Waals surface area contributed by atoms with Gasteiger partial charge in [0.1, 0.15) is 0 Å². The largest absolute Gasteiger partial charge is 0.372 e. The van der Waals surface area contributed by atoms with Gasteiger partial charge in [-0.25, -0.2) is 0 Å². The number of hydrogen-bond acceptors (Lipinski definition) is 5. The number of benzene rings is 1. The molecule has 6 nitrogen and oxygen atoms in total. The van der Waals surface area contributed by atoms with Crippen LogP contribution in [-0.4, -0.2) is 41.3 Å². The van der Waals surface area contributed by atoms with E-state index in [1.807, 2.05) is 53.7 Å². The molecule has 3 aromatic rings. The molecule has 35 heavy (non-hydrogen) atoms. The topological polar surface area (TPSA) is 65.5 Å². The molecule has 7 heteroatoms. The van der Waals surface area contributed by atoms with Gasteiger partial charge in [0.25, 0.3) is 5.91 Å². The molecule has 180 valence electrons. The van der Waals surface area contributed by atoms with Crippen molar-refractivity contribution in [2.45, 2.75) is 39.3 Å². The van der Waals surface area contributed by atoms with Crippen molar-refractivity contribution in [2.75, 3.05) is 24.5 Å². The molecule has 0 radical (unpaired) electrons. The zero-order valence-electron chi connectivity index (χ0n) is 20.0. The molecule has 1 N–H and O–H groups in total. The summed E-state index contributed by atoms with van der Waals surface area (Å²) in [5.74, 6) is -0.0711. The van der Waals surface area contributed by atoms with Gasteiger partial charge in [-0.1, -0.05) is 6.07 Å². The molecule has 1 aromatic carbocycles. The number of nitrogens with one attached hydrogen (secondary N) is 1. The Hall–Kier alpha value is -3.45. The van der Waals surface area contributed by atoms with Crippen molar-refractivity contribution in [3.63, 3.8) is 0 Å². The number of aromatic nitrogens is 1. The van der Waals surface area contributed by atoms with Crippen molar-refractivity contribution in [3.05, 3.63) is 86.9 Å². The SMILES string of the molecule is Cc1ncc2c(c1CNC(=O)C=Cc1cccs1)CCN(C(=O)c1ccc(N3CCCC3)cc1)C2. The summed E-state index contributed by atoms with van der Waals surface area (Å²) in [6.07, 6.45) is 8.50. The summed E-state index contributed by atoms with van der Waals surface area (Å²) in [6, 6.07) is 12.0. The number of rotatable bonds is 6. The predicted octanol–water partition coefficient (Wildman–Crippen LogP) is 4.58. The van der Waals surface area contributed by atoms with E-state index in [2.05, 4.69) is 27.3 Å². The van der Waals surface area contributed by atoms with Crippen molar-refractivity contribution in [1.82, 2.24) is 15.2 Å². The van der Waals surface area contributed by atoms with Gasteiger partial charge in [-0.3, -0.25) is 14.6 Å². The lowest BCUT2D eigenvalue weighted by Crippen LogP contribution is -2.37. The van der Waals surface area contributed by atoms with Crippen LogP contribution >= 0.6 is 11.3 Å². The van der Waals surface area contributed by atoms with Gasteiger partial charge in [-0.15, -0.1) is 11.3 Å². The summed E-state index contributed by atoms with van der Waals surface area (Å²) < 4.78 is 0. The van der Waals surface area contributed by atoms with Crippen molar-refractivity contribution in [1.29, 1.82) is 0 Å². The maximum absolute atomic E-state index is 13.2. The molecule has 2 aromatic heterocycles. The lowest BCUT2D eigenvalue weighted by molar-refractivity contribution is -0.116. The van der Waals surface area contributed by atoms with Gasteiger partial charge in [0.2, 0.25) is 5.91 Å². The Bertz CT molecular complexity index is 1230. The third kappa shape index (κ3) is 5.30. The van der Waals surface area contributed by atoms with E-state index in [4.69, 9.17) is 0 Å². The van der Waals surface area contributed by atoms with E-state index in [0.29, 0.717) is 19.6 Å². The quantitative estimate of drug-likeness (QED) is 0.518. The highest BCUT2D eigenvalue weighted by Crippen LogP contribution is 2.26. The summed E-state index contributed by atoms with van der Waals surface area (Å²) in [5, 5.41) is 4.98. The lowest BCUT2D eigenvalue weighted by atomic mass is 9.94. The predicted molar refractivity (Wildman–Crippen MR) is 141 cm³/mol. The zero-order chi connectivity index (χ0) is 24.2. The molecule has 0 bridgehead atoms. The third-order valence-electron chi connectivity index (χ3n) is 6.85. The summed E-state index contributed by atoms with van der Waals surface area (Å²) in [4.78, 5) is 35.4. The van der Waals surface area contributed by atoms with E-state index in [9.17, 15) is 9.59 Å². The molecule has 5 rings (SSSR count). The van der Waals surface area contributed by atoms with Crippen LogP contribution < -0.4 is 10.2 Å². The smallest absolute Gasteiger partial charge is 0.254 e. The van der Waals surface area contributed by atoms with Gasteiger partial charge in [0.15, 0.2) is 0 Å². The van der Waals surface area contributed by atoms with Crippen LogP contribution in [0.1, 0.15) is 50.5 Å². The summed E-state index contributed by atoms with van der Waals surface area (Å²) in [5.41, 5.74) is 6.16.